The second-order valence-corrected chi connectivity index (χ2v) is 6.97. The van der Waals surface area contributed by atoms with Crippen molar-refractivity contribution in [1.82, 2.24) is 10.2 Å². The van der Waals surface area contributed by atoms with Gasteiger partial charge in [-0.2, -0.15) is 0 Å². The fourth-order valence-corrected chi connectivity index (χ4v) is 3.33. The Hall–Kier alpha value is -2.62. The number of benzene rings is 2. The van der Waals surface area contributed by atoms with Crippen LogP contribution in [0.1, 0.15) is 40.7 Å². The quantitative estimate of drug-likeness (QED) is 0.899. The molecule has 0 spiro atoms. The highest BCUT2D eigenvalue weighted by Crippen LogP contribution is 2.13. The van der Waals surface area contributed by atoms with E-state index in [1.54, 1.807) is 12.1 Å². The molecule has 1 fully saturated rings. The number of aryl methyl sites for hydroxylation is 1. The van der Waals surface area contributed by atoms with Crippen LogP contribution in [0.4, 0.5) is 0 Å². The number of hydrogen-bond acceptors (Lipinski definition) is 2. The average molecular weight is 350 g/mol. The Labute approximate surface area is 155 Å². The van der Waals surface area contributed by atoms with Gasteiger partial charge in [0.15, 0.2) is 0 Å². The molecule has 3 rings (SSSR count). The summed E-state index contributed by atoms with van der Waals surface area (Å²) >= 11 is 0. The van der Waals surface area contributed by atoms with Crippen molar-refractivity contribution >= 4 is 11.8 Å². The first-order valence-electron chi connectivity index (χ1n) is 9.34. The van der Waals surface area contributed by atoms with Crippen molar-refractivity contribution in [1.29, 1.82) is 0 Å². The van der Waals surface area contributed by atoms with E-state index in [4.69, 9.17) is 0 Å². The lowest BCUT2D eigenvalue weighted by Gasteiger charge is -2.31. The van der Waals surface area contributed by atoms with Gasteiger partial charge in [0.05, 0.1) is 0 Å². The molecular formula is C22H26N2O2. The molecule has 1 aliphatic rings. The molecule has 0 aliphatic carbocycles. The molecule has 0 aromatic heterocycles. The Morgan fingerprint density at radius 1 is 0.962 bits per heavy atom. The molecule has 4 heteroatoms. The number of nitrogens with zero attached hydrogens (tertiary/aromatic N) is 1. The van der Waals surface area contributed by atoms with Gasteiger partial charge in [-0.3, -0.25) is 9.59 Å². The van der Waals surface area contributed by atoms with E-state index in [1.807, 2.05) is 54.3 Å². The maximum Gasteiger partial charge on any atom is 0.251 e. The zero-order valence-electron chi connectivity index (χ0n) is 15.3. The van der Waals surface area contributed by atoms with E-state index in [-0.39, 0.29) is 11.8 Å². The largest absolute Gasteiger partial charge is 0.341 e. The Kier molecular flexibility index (Phi) is 6.05. The van der Waals surface area contributed by atoms with Gasteiger partial charge in [0.2, 0.25) is 5.91 Å². The zero-order valence-corrected chi connectivity index (χ0v) is 15.3. The van der Waals surface area contributed by atoms with E-state index in [9.17, 15) is 9.59 Å². The molecule has 2 amide bonds. The predicted octanol–water partition coefficient (Wildman–Crippen LogP) is 3.35. The number of amides is 2. The first-order chi connectivity index (χ1) is 12.6. The highest BCUT2D eigenvalue weighted by Gasteiger charge is 2.27. The van der Waals surface area contributed by atoms with Crippen molar-refractivity contribution in [2.45, 2.75) is 38.6 Å². The van der Waals surface area contributed by atoms with Gasteiger partial charge in [0.25, 0.3) is 5.91 Å². The van der Waals surface area contributed by atoms with E-state index in [0.29, 0.717) is 12.0 Å². The minimum absolute atomic E-state index is 0.0222. The molecule has 4 nitrogen and oxygen atoms in total. The van der Waals surface area contributed by atoms with Crippen LogP contribution in [0.15, 0.2) is 54.6 Å². The Morgan fingerprint density at radius 3 is 2.27 bits per heavy atom. The average Bonchev–Trinajstić information content (AvgIpc) is 2.69. The summed E-state index contributed by atoms with van der Waals surface area (Å²) in [4.78, 5) is 27.6. The van der Waals surface area contributed by atoms with Crippen LogP contribution in [0.3, 0.4) is 0 Å². The maximum atomic E-state index is 13.0. The summed E-state index contributed by atoms with van der Waals surface area (Å²) in [6.07, 6.45) is 3.75. The molecule has 2 aromatic rings. The molecular weight excluding hydrogens is 324 g/mol. The van der Waals surface area contributed by atoms with E-state index in [2.05, 4.69) is 5.32 Å². The summed E-state index contributed by atoms with van der Waals surface area (Å²) in [5.41, 5.74) is 2.74. The Morgan fingerprint density at radius 2 is 1.62 bits per heavy atom. The second-order valence-electron chi connectivity index (χ2n) is 6.97. The molecule has 1 saturated heterocycles. The molecule has 1 heterocycles. The van der Waals surface area contributed by atoms with Crippen LogP contribution in [0.25, 0.3) is 0 Å². The third-order valence-corrected chi connectivity index (χ3v) is 4.87. The lowest BCUT2D eigenvalue weighted by Crippen LogP contribution is -2.51. The van der Waals surface area contributed by atoms with E-state index < -0.39 is 6.04 Å². The highest BCUT2D eigenvalue weighted by molar-refractivity contribution is 5.97. The molecule has 2 aromatic carbocycles. The smallest absolute Gasteiger partial charge is 0.251 e. The summed E-state index contributed by atoms with van der Waals surface area (Å²) in [5.74, 6) is -0.176. The maximum absolute atomic E-state index is 13.0. The van der Waals surface area contributed by atoms with Crippen molar-refractivity contribution in [3.63, 3.8) is 0 Å². The van der Waals surface area contributed by atoms with Gasteiger partial charge in [-0.05, 0) is 43.9 Å². The number of rotatable bonds is 5. The van der Waals surface area contributed by atoms with Crippen LogP contribution in [-0.4, -0.2) is 35.8 Å². The second kappa shape index (κ2) is 8.65. The summed E-state index contributed by atoms with van der Waals surface area (Å²) in [6, 6.07) is 16.7. The molecule has 0 radical (unpaired) electrons. The van der Waals surface area contributed by atoms with Crippen molar-refractivity contribution < 1.29 is 9.59 Å². The van der Waals surface area contributed by atoms with Gasteiger partial charge in [-0.1, -0.05) is 48.0 Å². The van der Waals surface area contributed by atoms with Crippen LogP contribution in [0.2, 0.25) is 0 Å². The van der Waals surface area contributed by atoms with Gasteiger partial charge in [-0.15, -0.1) is 0 Å². The number of likely N-dealkylation sites (tertiary alicyclic amines) is 1. The fourth-order valence-electron chi connectivity index (χ4n) is 3.33. The number of nitrogens with one attached hydrogen (secondary N) is 1. The first kappa shape index (κ1) is 18.2. The Bertz CT molecular complexity index is 734. The lowest BCUT2D eigenvalue weighted by molar-refractivity contribution is -0.134. The Balaban J connectivity index is 1.76. The van der Waals surface area contributed by atoms with Gasteiger partial charge in [0, 0.05) is 25.1 Å². The third-order valence-electron chi connectivity index (χ3n) is 4.87. The third kappa shape index (κ3) is 4.72. The van der Waals surface area contributed by atoms with Crippen LogP contribution in [0.5, 0.6) is 0 Å². The first-order valence-corrected chi connectivity index (χ1v) is 9.34. The SMILES string of the molecule is Cc1ccc(C(=O)NC(Cc2ccccc2)C(=O)N2CCCCC2)cc1. The molecule has 0 saturated carbocycles. The summed E-state index contributed by atoms with van der Waals surface area (Å²) in [6.45, 7) is 3.55. The fraction of sp³-hybridized carbons (Fsp3) is 0.364. The van der Waals surface area contributed by atoms with Gasteiger partial charge in [-0.25, -0.2) is 0 Å². The molecule has 0 bridgehead atoms. The van der Waals surface area contributed by atoms with Crippen LogP contribution in [-0.2, 0) is 11.2 Å². The minimum Gasteiger partial charge on any atom is -0.341 e. The topological polar surface area (TPSA) is 49.4 Å². The number of hydrogen-bond donors (Lipinski definition) is 1. The molecule has 1 unspecified atom stereocenters. The van der Waals surface area contributed by atoms with Crippen LogP contribution in [0, 0.1) is 6.92 Å². The van der Waals surface area contributed by atoms with E-state index in [0.717, 1.165) is 37.1 Å². The van der Waals surface area contributed by atoms with Gasteiger partial charge in [0.1, 0.15) is 6.04 Å². The van der Waals surface area contributed by atoms with Crippen molar-refractivity contribution in [2.24, 2.45) is 0 Å². The molecule has 136 valence electrons. The van der Waals surface area contributed by atoms with Crippen molar-refractivity contribution in [2.75, 3.05) is 13.1 Å². The van der Waals surface area contributed by atoms with Gasteiger partial charge < -0.3 is 10.2 Å². The number of carbonyl (C=O) groups excluding carboxylic acids is 2. The zero-order chi connectivity index (χ0) is 18.4. The molecule has 1 aliphatic heterocycles. The van der Waals surface area contributed by atoms with Crippen molar-refractivity contribution in [3.8, 4) is 0 Å². The number of carbonyl (C=O) groups is 2. The summed E-state index contributed by atoms with van der Waals surface area (Å²) in [7, 11) is 0. The predicted molar refractivity (Wildman–Crippen MR) is 103 cm³/mol. The standard InChI is InChI=1S/C22H26N2O2/c1-17-10-12-19(13-11-17)21(25)23-20(16-18-8-4-2-5-9-18)22(26)24-14-6-3-7-15-24/h2,4-5,8-13,20H,3,6-7,14-16H2,1H3,(H,23,25). The monoisotopic (exact) mass is 350 g/mol. The number of piperidine rings is 1. The molecule has 26 heavy (non-hydrogen) atoms. The highest BCUT2D eigenvalue weighted by atomic mass is 16.2. The normalized spacial score (nSPS) is 15.3. The van der Waals surface area contributed by atoms with E-state index >= 15 is 0 Å². The van der Waals surface area contributed by atoms with Crippen molar-refractivity contribution in [3.05, 3.63) is 71.3 Å². The minimum atomic E-state index is -0.538. The van der Waals surface area contributed by atoms with E-state index in [1.165, 1.54) is 6.42 Å². The molecule has 1 atom stereocenters. The van der Waals surface area contributed by atoms with Gasteiger partial charge >= 0.3 is 0 Å². The van der Waals surface area contributed by atoms with Crippen LogP contribution >= 0.6 is 0 Å². The molecule has 1 N–H and O–H groups in total. The van der Waals surface area contributed by atoms with Crippen LogP contribution < -0.4 is 5.32 Å². The summed E-state index contributed by atoms with van der Waals surface area (Å²) in [5, 5.41) is 2.97. The summed E-state index contributed by atoms with van der Waals surface area (Å²) < 4.78 is 0. The lowest BCUT2D eigenvalue weighted by atomic mass is 10.0.